The summed E-state index contributed by atoms with van der Waals surface area (Å²) >= 11 is 0. The predicted octanol–water partition coefficient (Wildman–Crippen LogP) is 2.92. The molecule has 1 heterocycles. The van der Waals surface area contributed by atoms with E-state index in [0.717, 1.165) is 22.5 Å². The number of rotatable bonds is 4. The van der Waals surface area contributed by atoms with Crippen molar-refractivity contribution in [3.8, 4) is 5.75 Å². The van der Waals surface area contributed by atoms with Gasteiger partial charge in [-0.3, -0.25) is 9.59 Å². The van der Waals surface area contributed by atoms with Gasteiger partial charge in [0.25, 0.3) is 5.91 Å². The van der Waals surface area contributed by atoms with Crippen LogP contribution in [0.4, 0.5) is 11.4 Å². The van der Waals surface area contributed by atoms with Crippen molar-refractivity contribution in [3.63, 3.8) is 0 Å². The van der Waals surface area contributed by atoms with E-state index in [4.69, 9.17) is 4.74 Å². The molecule has 5 nitrogen and oxygen atoms in total. The minimum atomic E-state index is -0.210. The van der Waals surface area contributed by atoms with Gasteiger partial charge in [0.1, 0.15) is 5.75 Å². The van der Waals surface area contributed by atoms with Crippen molar-refractivity contribution in [1.29, 1.82) is 0 Å². The van der Waals surface area contributed by atoms with Gasteiger partial charge in [0.05, 0.1) is 0 Å². The molecule has 3 rings (SSSR count). The Labute approximate surface area is 141 Å². The Morgan fingerprint density at radius 2 is 2.00 bits per heavy atom. The topological polar surface area (TPSA) is 58.6 Å². The van der Waals surface area contributed by atoms with E-state index in [9.17, 15) is 9.59 Å². The zero-order chi connectivity index (χ0) is 17.1. The summed E-state index contributed by atoms with van der Waals surface area (Å²) < 4.78 is 5.55. The molecule has 0 saturated heterocycles. The number of fused-ring (bicyclic) bond motifs is 1. The number of nitrogens with one attached hydrogen (secondary N) is 1. The number of anilines is 2. The molecule has 0 saturated carbocycles. The molecular formula is C19H20N2O3. The highest BCUT2D eigenvalue weighted by Crippen LogP contribution is 2.29. The van der Waals surface area contributed by atoms with Gasteiger partial charge < -0.3 is 15.0 Å². The fourth-order valence-electron chi connectivity index (χ4n) is 2.79. The first-order chi connectivity index (χ1) is 11.5. The van der Waals surface area contributed by atoms with Crippen LogP contribution in [0.15, 0.2) is 42.5 Å². The van der Waals surface area contributed by atoms with E-state index < -0.39 is 0 Å². The maximum atomic E-state index is 12.1. The second-order valence-electron chi connectivity index (χ2n) is 5.90. The van der Waals surface area contributed by atoms with Crippen molar-refractivity contribution < 1.29 is 14.3 Å². The van der Waals surface area contributed by atoms with E-state index in [0.29, 0.717) is 18.6 Å². The lowest BCUT2D eigenvalue weighted by Gasteiger charge is -2.26. The molecule has 0 aliphatic carbocycles. The number of amides is 2. The third-order valence-electron chi connectivity index (χ3n) is 4.16. The molecule has 2 aromatic rings. The summed E-state index contributed by atoms with van der Waals surface area (Å²) in [7, 11) is 1.77. The third kappa shape index (κ3) is 3.40. The number of aryl methyl sites for hydroxylation is 2. The SMILES string of the molecule is Cc1ccccc1OCC(=O)Nc1ccc2c(c1)CCC(=O)N2C. The summed E-state index contributed by atoms with van der Waals surface area (Å²) in [6.07, 6.45) is 1.19. The quantitative estimate of drug-likeness (QED) is 0.941. The zero-order valence-electron chi connectivity index (χ0n) is 13.8. The average Bonchev–Trinajstić information content (AvgIpc) is 2.57. The Morgan fingerprint density at radius 3 is 2.79 bits per heavy atom. The minimum absolute atomic E-state index is 0.0413. The van der Waals surface area contributed by atoms with Gasteiger partial charge in [-0.25, -0.2) is 0 Å². The van der Waals surface area contributed by atoms with Crippen LogP contribution in [0, 0.1) is 6.92 Å². The number of carbonyl (C=O) groups excluding carboxylic acids is 2. The molecule has 1 aliphatic heterocycles. The van der Waals surface area contributed by atoms with Crippen LogP contribution in [0.1, 0.15) is 17.5 Å². The molecular weight excluding hydrogens is 304 g/mol. The molecule has 1 aliphatic rings. The third-order valence-corrected chi connectivity index (χ3v) is 4.16. The molecule has 1 N–H and O–H groups in total. The Kier molecular flexibility index (Phi) is 4.51. The van der Waals surface area contributed by atoms with Crippen LogP contribution < -0.4 is 15.0 Å². The fourth-order valence-corrected chi connectivity index (χ4v) is 2.79. The van der Waals surface area contributed by atoms with Crippen molar-refractivity contribution in [3.05, 3.63) is 53.6 Å². The van der Waals surface area contributed by atoms with Gasteiger partial charge in [-0.1, -0.05) is 18.2 Å². The van der Waals surface area contributed by atoms with Crippen LogP contribution in [0.3, 0.4) is 0 Å². The largest absolute Gasteiger partial charge is 0.483 e. The Morgan fingerprint density at radius 1 is 1.21 bits per heavy atom. The van der Waals surface area contributed by atoms with E-state index in [1.807, 2.05) is 43.3 Å². The van der Waals surface area contributed by atoms with Crippen LogP contribution in [-0.4, -0.2) is 25.5 Å². The Hall–Kier alpha value is -2.82. The Bertz CT molecular complexity index is 786. The minimum Gasteiger partial charge on any atom is -0.483 e. The molecule has 0 unspecified atom stereocenters. The summed E-state index contributed by atoms with van der Waals surface area (Å²) in [6, 6.07) is 13.2. The van der Waals surface area contributed by atoms with Gasteiger partial charge in [0.2, 0.25) is 5.91 Å². The Balaban J connectivity index is 1.63. The highest BCUT2D eigenvalue weighted by molar-refractivity contribution is 5.97. The van der Waals surface area contributed by atoms with E-state index >= 15 is 0 Å². The standard InChI is InChI=1S/C19H20N2O3/c1-13-5-3-4-6-17(13)24-12-18(22)20-15-8-9-16-14(11-15)7-10-19(23)21(16)2/h3-6,8-9,11H,7,10,12H2,1-2H3,(H,20,22). The maximum Gasteiger partial charge on any atom is 0.262 e. The number of hydrogen-bond donors (Lipinski definition) is 1. The molecule has 0 spiro atoms. The first-order valence-electron chi connectivity index (χ1n) is 7.92. The van der Waals surface area contributed by atoms with E-state index in [1.54, 1.807) is 18.0 Å². The van der Waals surface area contributed by atoms with Gasteiger partial charge in [-0.05, 0) is 48.7 Å². The number of benzene rings is 2. The van der Waals surface area contributed by atoms with Crippen molar-refractivity contribution >= 4 is 23.2 Å². The maximum absolute atomic E-state index is 12.1. The summed E-state index contributed by atoms with van der Waals surface area (Å²) in [5.74, 6) is 0.614. The number of hydrogen-bond acceptors (Lipinski definition) is 3. The fraction of sp³-hybridized carbons (Fsp3) is 0.263. The smallest absolute Gasteiger partial charge is 0.262 e. The molecule has 0 bridgehead atoms. The highest BCUT2D eigenvalue weighted by atomic mass is 16.5. The molecule has 2 amide bonds. The zero-order valence-corrected chi connectivity index (χ0v) is 13.8. The predicted molar refractivity (Wildman–Crippen MR) is 93.5 cm³/mol. The second kappa shape index (κ2) is 6.74. The number of nitrogens with zero attached hydrogens (tertiary/aromatic N) is 1. The van der Waals surface area contributed by atoms with E-state index in [2.05, 4.69) is 5.32 Å². The highest BCUT2D eigenvalue weighted by Gasteiger charge is 2.21. The molecule has 0 aromatic heterocycles. The molecule has 0 fully saturated rings. The number of para-hydroxylation sites is 1. The molecule has 124 valence electrons. The summed E-state index contributed by atoms with van der Waals surface area (Å²) in [6.45, 7) is 1.90. The van der Waals surface area contributed by atoms with Gasteiger partial charge in [-0.15, -0.1) is 0 Å². The average molecular weight is 324 g/mol. The van der Waals surface area contributed by atoms with Crippen LogP contribution >= 0.6 is 0 Å². The lowest BCUT2D eigenvalue weighted by Crippen LogP contribution is -2.31. The van der Waals surface area contributed by atoms with Crippen LogP contribution in [0.2, 0.25) is 0 Å². The van der Waals surface area contributed by atoms with Crippen LogP contribution in [0.25, 0.3) is 0 Å². The van der Waals surface area contributed by atoms with E-state index in [-0.39, 0.29) is 18.4 Å². The van der Waals surface area contributed by atoms with Gasteiger partial charge in [0.15, 0.2) is 6.61 Å². The van der Waals surface area contributed by atoms with Gasteiger partial charge >= 0.3 is 0 Å². The first-order valence-corrected chi connectivity index (χ1v) is 7.92. The lowest BCUT2D eigenvalue weighted by molar-refractivity contribution is -0.119. The summed E-state index contributed by atoms with van der Waals surface area (Å²) in [4.78, 5) is 25.4. The van der Waals surface area contributed by atoms with Crippen molar-refractivity contribution in [1.82, 2.24) is 0 Å². The van der Waals surface area contributed by atoms with Crippen molar-refractivity contribution in [2.75, 3.05) is 23.9 Å². The number of carbonyl (C=O) groups is 2. The van der Waals surface area contributed by atoms with Crippen molar-refractivity contribution in [2.24, 2.45) is 0 Å². The monoisotopic (exact) mass is 324 g/mol. The molecule has 24 heavy (non-hydrogen) atoms. The van der Waals surface area contributed by atoms with Gasteiger partial charge in [-0.2, -0.15) is 0 Å². The first kappa shape index (κ1) is 16.1. The molecule has 0 atom stereocenters. The molecule has 0 radical (unpaired) electrons. The van der Waals surface area contributed by atoms with Gasteiger partial charge in [0, 0.05) is 24.8 Å². The van der Waals surface area contributed by atoms with Crippen molar-refractivity contribution in [2.45, 2.75) is 19.8 Å². The summed E-state index contributed by atoms with van der Waals surface area (Å²) in [5.41, 5.74) is 3.68. The normalized spacial score (nSPS) is 13.4. The van der Waals surface area contributed by atoms with E-state index in [1.165, 1.54) is 0 Å². The molecule has 5 heteroatoms. The van der Waals surface area contributed by atoms with Crippen LogP contribution in [-0.2, 0) is 16.0 Å². The summed E-state index contributed by atoms with van der Waals surface area (Å²) in [5, 5.41) is 2.84. The second-order valence-corrected chi connectivity index (χ2v) is 5.90. The lowest BCUT2D eigenvalue weighted by atomic mass is 10.0. The van der Waals surface area contributed by atoms with Crippen LogP contribution in [0.5, 0.6) is 5.75 Å². The number of ether oxygens (including phenoxy) is 1. The molecule has 2 aromatic carbocycles.